The Kier molecular flexibility index (Phi) is 3.75. The Morgan fingerprint density at radius 1 is 1.37 bits per heavy atom. The molecule has 98 valence electrons. The molecule has 0 saturated carbocycles. The zero-order chi connectivity index (χ0) is 13.1. The first-order chi connectivity index (χ1) is 9.31. The second-order valence-electron chi connectivity index (χ2n) is 4.43. The van der Waals surface area contributed by atoms with Gasteiger partial charge in [0.05, 0.1) is 5.69 Å². The Bertz CT molecular complexity index is 575. The molecule has 2 aromatic heterocycles. The number of anilines is 1. The van der Waals surface area contributed by atoms with Crippen molar-refractivity contribution in [2.24, 2.45) is 0 Å². The van der Waals surface area contributed by atoms with Crippen LogP contribution in [0.3, 0.4) is 0 Å². The van der Waals surface area contributed by atoms with E-state index in [4.69, 9.17) is 0 Å². The van der Waals surface area contributed by atoms with Gasteiger partial charge in [-0.1, -0.05) is 6.07 Å². The number of thiophene rings is 1. The zero-order valence-corrected chi connectivity index (χ0v) is 12.0. The van der Waals surface area contributed by atoms with Crippen LogP contribution in [0.25, 0.3) is 6.08 Å². The Labute approximate surface area is 120 Å². The summed E-state index contributed by atoms with van der Waals surface area (Å²) in [5, 5.41) is 5.57. The van der Waals surface area contributed by atoms with Gasteiger partial charge in [-0.15, -0.1) is 22.7 Å². The second-order valence-corrected chi connectivity index (χ2v) is 6.50. The minimum absolute atomic E-state index is 0.112. The fourth-order valence-electron chi connectivity index (χ4n) is 2.10. The van der Waals surface area contributed by atoms with E-state index in [1.807, 2.05) is 23.6 Å². The van der Waals surface area contributed by atoms with Crippen LogP contribution in [-0.4, -0.2) is 10.9 Å². The summed E-state index contributed by atoms with van der Waals surface area (Å²) in [6.45, 7) is 0. The van der Waals surface area contributed by atoms with E-state index in [2.05, 4.69) is 10.3 Å². The molecule has 2 aromatic rings. The minimum atomic E-state index is -0.112. The summed E-state index contributed by atoms with van der Waals surface area (Å²) in [6.07, 6.45) is 7.99. The molecule has 0 radical (unpaired) electrons. The van der Waals surface area contributed by atoms with Crippen molar-refractivity contribution >= 4 is 39.8 Å². The van der Waals surface area contributed by atoms with Gasteiger partial charge in [-0.05, 0) is 43.2 Å². The molecule has 19 heavy (non-hydrogen) atoms. The molecule has 0 spiro atoms. The largest absolute Gasteiger partial charge is 0.298 e. The quantitative estimate of drug-likeness (QED) is 0.875. The van der Waals surface area contributed by atoms with E-state index in [1.165, 1.54) is 23.4 Å². The predicted octanol–water partition coefficient (Wildman–Crippen LogP) is 3.74. The molecule has 1 aliphatic rings. The standard InChI is InChI=1S/C14H14N2OS2/c17-13(8-7-10-4-3-9-18-10)16-14-15-11-5-1-2-6-12(11)19-14/h3-4,7-9H,1-2,5-6H2,(H,15,16,17). The van der Waals surface area contributed by atoms with Gasteiger partial charge in [0.25, 0.3) is 0 Å². The van der Waals surface area contributed by atoms with Gasteiger partial charge >= 0.3 is 0 Å². The van der Waals surface area contributed by atoms with Crippen molar-refractivity contribution < 1.29 is 4.79 Å². The summed E-state index contributed by atoms with van der Waals surface area (Å²) >= 11 is 3.23. The summed E-state index contributed by atoms with van der Waals surface area (Å²) < 4.78 is 0. The van der Waals surface area contributed by atoms with Crippen molar-refractivity contribution in [2.75, 3.05) is 5.32 Å². The number of thiazole rings is 1. The lowest BCUT2D eigenvalue weighted by Crippen LogP contribution is -2.07. The molecule has 1 aliphatic carbocycles. The Morgan fingerprint density at radius 2 is 2.26 bits per heavy atom. The van der Waals surface area contributed by atoms with Gasteiger partial charge in [-0.25, -0.2) is 4.98 Å². The summed E-state index contributed by atoms with van der Waals surface area (Å²) in [5.41, 5.74) is 1.17. The molecular weight excluding hydrogens is 276 g/mol. The Morgan fingerprint density at radius 3 is 3.05 bits per heavy atom. The molecule has 0 bridgehead atoms. The highest BCUT2D eigenvalue weighted by Gasteiger charge is 2.15. The number of hydrogen-bond donors (Lipinski definition) is 1. The van der Waals surface area contributed by atoms with Crippen LogP contribution in [0.2, 0.25) is 0 Å². The van der Waals surface area contributed by atoms with Crippen LogP contribution in [0.15, 0.2) is 23.6 Å². The van der Waals surface area contributed by atoms with Gasteiger partial charge in [-0.3, -0.25) is 10.1 Å². The second kappa shape index (κ2) is 5.67. The van der Waals surface area contributed by atoms with Gasteiger partial charge < -0.3 is 0 Å². The Hall–Kier alpha value is -1.46. The SMILES string of the molecule is O=C(C=Cc1cccs1)Nc1nc2c(s1)CCCC2. The van der Waals surface area contributed by atoms with E-state index >= 15 is 0 Å². The summed E-state index contributed by atoms with van der Waals surface area (Å²) in [7, 11) is 0. The third kappa shape index (κ3) is 3.11. The topological polar surface area (TPSA) is 42.0 Å². The predicted molar refractivity (Wildman–Crippen MR) is 80.7 cm³/mol. The number of aryl methyl sites for hydroxylation is 2. The molecule has 1 N–H and O–H groups in total. The first-order valence-electron chi connectivity index (χ1n) is 6.32. The average molecular weight is 290 g/mol. The highest BCUT2D eigenvalue weighted by Crippen LogP contribution is 2.29. The highest BCUT2D eigenvalue weighted by molar-refractivity contribution is 7.15. The summed E-state index contributed by atoms with van der Waals surface area (Å²) in [4.78, 5) is 18.7. The zero-order valence-electron chi connectivity index (χ0n) is 10.4. The van der Waals surface area contributed by atoms with Crippen LogP contribution >= 0.6 is 22.7 Å². The number of carbonyl (C=O) groups is 1. The molecule has 0 unspecified atom stereocenters. The van der Waals surface area contributed by atoms with E-state index < -0.39 is 0 Å². The fourth-order valence-corrected chi connectivity index (χ4v) is 3.77. The van der Waals surface area contributed by atoms with Gasteiger partial charge in [0.15, 0.2) is 5.13 Å². The number of nitrogens with zero attached hydrogens (tertiary/aromatic N) is 1. The lowest BCUT2D eigenvalue weighted by molar-refractivity contribution is -0.111. The fraction of sp³-hybridized carbons (Fsp3) is 0.286. The lowest BCUT2D eigenvalue weighted by Gasteiger charge is -2.06. The van der Waals surface area contributed by atoms with Gasteiger partial charge in [0, 0.05) is 15.8 Å². The summed E-state index contributed by atoms with van der Waals surface area (Å²) in [5.74, 6) is -0.112. The molecule has 3 nitrogen and oxygen atoms in total. The van der Waals surface area contributed by atoms with E-state index in [0.29, 0.717) is 0 Å². The maximum absolute atomic E-state index is 11.8. The van der Waals surface area contributed by atoms with Crippen molar-refractivity contribution in [2.45, 2.75) is 25.7 Å². The first-order valence-corrected chi connectivity index (χ1v) is 8.02. The molecule has 0 saturated heterocycles. The van der Waals surface area contributed by atoms with Gasteiger partial charge in [0.1, 0.15) is 0 Å². The van der Waals surface area contributed by atoms with Crippen LogP contribution in [0.4, 0.5) is 5.13 Å². The van der Waals surface area contributed by atoms with Crippen LogP contribution in [0, 0.1) is 0 Å². The summed E-state index contributed by atoms with van der Waals surface area (Å²) in [6, 6.07) is 3.95. The number of carbonyl (C=O) groups excluding carboxylic acids is 1. The number of rotatable bonds is 3. The third-order valence-electron chi connectivity index (χ3n) is 3.02. The van der Waals surface area contributed by atoms with E-state index in [-0.39, 0.29) is 5.91 Å². The Balaban J connectivity index is 1.64. The van der Waals surface area contributed by atoms with E-state index in [1.54, 1.807) is 28.7 Å². The van der Waals surface area contributed by atoms with Gasteiger partial charge in [-0.2, -0.15) is 0 Å². The van der Waals surface area contributed by atoms with Crippen LogP contribution < -0.4 is 5.32 Å². The van der Waals surface area contributed by atoms with Crippen molar-refractivity contribution in [3.63, 3.8) is 0 Å². The third-order valence-corrected chi connectivity index (χ3v) is 4.93. The average Bonchev–Trinajstić information content (AvgIpc) is 3.04. The number of hydrogen-bond acceptors (Lipinski definition) is 4. The minimum Gasteiger partial charge on any atom is -0.298 e. The van der Waals surface area contributed by atoms with Crippen molar-refractivity contribution in [3.8, 4) is 0 Å². The van der Waals surface area contributed by atoms with E-state index in [9.17, 15) is 4.79 Å². The van der Waals surface area contributed by atoms with Crippen LogP contribution in [0.1, 0.15) is 28.3 Å². The maximum atomic E-state index is 11.8. The first kappa shape index (κ1) is 12.6. The molecule has 0 aromatic carbocycles. The van der Waals surface area contributed by atoms with Crippen LogP contribution in [0.5, 0.6) is 0 Å². The van der Waals surface area contributed by atoms with Crippen molar-refractivity contribution in [1.82, 2.24) is 4.98 Å². The van der Waals surface area contributed by atoms with Crippen LogP contribution in [-0.2, 0) is 17.6 Å². The lowest BCUT2D eigenvalue weighted by atomic mass is 10.0. The monoisotopic (exact) mass is 290 g/mol. The molecule has 0 aliphatic heterocycles. The number of nitrogens with one attached hydrogen (secondary N) is 1. The normalized spacial score (nSPS) is 14.5. The maximum Gasteiger partial charge on any atom is 0.250 e. The number of amides is 1. The molecular formula is C14H14N2OS2. The molecule has 0 atom stereocenters. The molecule has 3 rings (SSSR count). The molecule has 5 heteroatoms. The van der Waals surface area contributed by atoms with Crippen molar-refractivity contribution in [1.29, 1.82) is 0 Å². The highest BCUT2D eigenvalue weighted by atomic mass is 32.1. The van der Waals surface area contributed by atoms with Gasteiger partial charge in [0.2, 0.25) is 5.91 Å². The molecule has 0 fully saturated rings. The van der Waals surface area contributed by atoms with E-state index in [0.717, 1.165) is 22.9 Å². The smallest absolute Gasteiger partial charge is 0.250 e. The number of aromatic nitrogens is 1. The van der Waals surface area contributed by atoms with Crippen molar-refractivity contribution in [3.05, 3.63) is 39.0 Å². The number of fused-ring (bicyclic) bond motifs is 1. The molecule has 2 heterocycles. The molecule has 1 amide bonds.